The van der Waals surface area contributed by atoms with E-state index in [1.54, 1.807) is 7.05 Å². The predicted molar refractivity (Wildman–Crippen MR) is 69.7 cm³/mol. The van der Waals surface area contributed by atoms with E-state index in [9.17, 15) is 9.59 Å². The second-order valence-corrected chi connectivity index (χ2v) is 6.07. The molecule has 0 radical (unpaired) electrons. The molecule has 1 saturated heterocycles. The van der Waals surface area contributed by atoms with Crippen molar-refractivity contribution in [3.05, 3.63) is 0 Å². The first-order valence-electron chi connectivity index (χ1n) is 6.43. The monoisotopic (exact) mass is 256 g/mol. The number of carboxylic acid groups (broad SMARTS) is 1. The van der Waals surface area contributed by atoms with Gasteiger partial charge in [-0.2, -0.15) is 0 Å². The van der Waals surface area contributed by atoms with Crippen LogP contribution in [0, 0.1) is 5.41 Å². The number of rotatable bonds is 3. The second-order valence-electron chi connectivity index (χ2n) is 6.07. The molecule has 0 bridgehead atoms. The van der Waals surface area contributed by atoms with Gasteiger partial charge in [0.1, 0.15) is 0 Å². The maximum atomic E-state index is 11.9. The molecule has 18 heavy (non-hydrogen) atoms. The average Bonchev–Trinajstić information content (AvgIpc) is 2.27. The molecule has 5 nitrogen and oxygen atoms in total. The molecule has 5 heteroatoms. The number of carbonyl (C=O) groups excluding carboxylic acids is 1. The van der Waals surface area contributed by atoms with E-state index >= 15 is 0 Å². The normalized spacial score (nSPS) is 18.7. The molecule has 1 rings (SSSR count). The van der Waals surface area contributed by atoms with Gasteiger partial charge in [-0.15, -0.1) is 0 Å². The quantitative estimate of drug-likeness (QED) is 0.834. The first kappa shape index (κ1) is 15.0. The summed E-state index contributed by atoms with van der Waals surface area (Å²) in [5.74, 6) is 0.243. The summed E-state index contributed by atoms with van der Waals surface area (Å²) >= 11 is 0. The molecular formula is C13H24N2O3. The van der Waals surface area contributed by atoms with Gasteiger partial charge in [0.25, 0.3) is 0 Å². The summed E-state index contributed by atoms with van der Waals surface area (Å²) in [6.45, 7) is 7.86. The van der Waals surface area contributed by atoms with E-state index in [4.69, 9.17) is 5.11 Å². The number of nitrogens with zero attached hydrogens (tertiary/aromatic N) is 2. The average molecular weight is 256 g/mol. The smallest absolute Gasteiger partial charge is 0.407 e. The van der Waals surface area contributed by atoms with Gasteiger partial charge in [0, 0.05) is 31.6 Å². The van der Waals surface area contributed by atoms with Gasteiger partial charge < -0.3 is 10.0 Å². The first-order valence-corrected chi connectivity index (χ1v) is 6.43. The van der Waals surface area contributed by atoms with E-state index in [1.807, 2.05) is 20.8 Å². The molecule has 0 aromatic rings. The van der Waals surface area contributed by atoms with E-state index in [1.165, 1.54) is 4.90 Å². The lowest BCUT2D eigenvalue weighted by Crippen LogP contribution is -2.47. The number of hydrogen-bond donors (Lipinski definition) is 1. The highest BCUT2D eigenvalue weighted by molar-refractivity contribution is 5.85. The molecule has 1 heterocycles. The third-order valence-corrected chi connectivity index (χ3v) is 3.61. The Morgan fingerprint density at radius 1 is 1.28 bits per heavy atom. The standard InChI is InChI=1S/C13H24N2O3/c1-13(2,3)11(16)9-15-7-5-10(6-8-15)14(4)12(17)18/h10H,5-9H2,1-4H3,(H,17,18). The topological polar surface area (TPSA) is 60.9 Å². The number of Topliss-reactive ketones (excluding diaryl/α,β-unsaturated/α-hetero) is 1. The van der Waals surface area contributed by atoms with Gasteiger partial charge in [0.15, 0.2) is 5.78 Å². The van der Waals surface area contributed by atoms with Gasteiger partial charge in [-0.05, 0) is 12.8 Å². The van der Waals surface area contributed by atoms with Crippen LogP contribution >= 0.6 is 0 Å². The maximum absolute atomic E-state index is 11.9. The summed E-state index contributed by atoms with van der Waals surface area (Å²) in [5.41, 5.74) is -0.297. The largest absolute Gasteiger partial charge is 0.465 e. The van der Waals surface area contributed by atoms with Crippen molar-refractivity contribution in [1.29, 1.82) is 0 Å². The minimum absolute atomic E-state index is 0.0866. The van der Waals surface area contributed by atoms with E-state index in [2.05, 4.69) is 4.90 Å². The van der Waals surface area contributed by atoms with Gasteiger partial charge in [0.05, 0.1) is 6.54 Å². The molecule has 0 atom stereocenters. The maximum Gasteiger partial charge on any atom is 0.407 e. The number of carbonyl (C=O) groups is 2. The van der Waals surface area contributed by atoms with E-state index in [0.717, 1.165) is 25.9 Å². The van der Waals surface area contributed by atoms with Crippen molar-refractivity contribution in [1.82, 2.24) is 9.80 Å². The van der Waals surface area contributed by atoms with Crippen molar-refractivity contribution >= 4 is 11.9 Å². The van der Waals surface area contributed by atoms with E-state index in [0.29, 0.717) is 6.54 Å². The molecule has 104 valence electrons. The highest BCUT2D eigenvalue weighted by atomic mass is 16.4. The summed E-state index contributed by atoms with van der Waals surface area (Å²) in [7, 11) is 1.61. The molecule has 0 saturated carbocycles. The highest BCUT2D eigenvalue weighted by Gasteiger charge is 2.28. The van der Waals surface area contributed by atoms with Gasteiger partial charge in [-0.1, -0.05) is 20.8 Å². The predicted octanol–water partition coefficient (Wildman–Crippen LogP) is 1.68. The zero-order valence-electron chi connectivity index (χ0n) is 11.8. The van der Waals surface area contributed by atoms with E-state index in [-0.39, 0.29) is 17.2 Å². The molecule has 0 aliphatic carbocycles. The Bertz CT molecular complexity index is 315. The van der Waals surface area contributed by atoms with Crippen LogP contribution in [0.25, 0.3) is 0 Å². The summed E-state index contributed by atoms with van der Waals surface area (Å²) in [6, 6.07) is 0.0866. The number of amides is 1. The van der Waals surface area contributed by atoms with Crippen molar-refractivity contribution in [3.8, 4) is 0 Å². The first-order chi connectivity index (χ1) is 8.21. The zero-order chi connectivity index (χ0) is 13.9. The fourth-order valence-corrected chi connectivity index (χ4v) is 2.06. The lowest BCUT2D eigenvalue weighted by molar-refractivity contribution is -0.127. The molecule has 1 fully saturated rings. The Morgan fingerprint density at radius 3 is 2.17 bits per heavy atom. The van der Waals surface area contributed by atoms with Crippen LogP contribution in [0.2, 0.25) is 0 Å². The van der Waals surface area contributed by atoms with Crippen LogP contribution < -0.4 is 0 Å². The van der Waals surface area contributed by atoms with Gasteiger partial charge in [-0.3, -0.25) is 9.69 Å². The number of ketones is 1. The van der Waals surface area contributed by atoms with Crippen LogP contribution in [-0.4, -0.2) is 59.5 Å². The lowest BCUT2D eigenvalue weighted by atomic mass is 9.90. The van der Waals surface area contributed by atoms with Crippen molar-refractivity contribution in [2.75, 3.05) is 26.7 Å². The van der Waals surface area contributed by atoms with Crippen LogP contribution in [0.4, 0.5) is 4.79 Å². The molecular weight excluding hydrogens is 232 g/mol. The molecule has 0 unspecified atom stereocenters. The number of likely N-dealkylation sites (tertiary alicyclic amines) is 1. The van der Waals surface area contributed by atoms with Crippen molar-refractivity contribution in [2.24, 2.45) is 5.41 Å². The van der Waals surface area contributed by atoms with Crippen LogP contribution in [0.15, 0.2) is 0 Å². The van der Waals surface area contributed by atoms with Crippen molar-refractivity contribution < 1.29 is 14.7 Å². The molecule has 1 N–H and O–H groups in total. The molecule has 1 amide bonds. The van der Waals surface area contributed by atoms with Crippen molar-refractivity contribution in [2.45, 2.75) is 39.7 Å². The Morgan fingerprint density at radius 2 is 1.78 bits per heavy atom. The Hall–Kier alpha value is -1.10. The molecule has 1 aliphatic heterocycles. The van der Waals surface area contributed by atoms with Crippen LogP contribution in [0.5, 0.6) is 0 Å². The van der Waals surface area contributed by atoms with Crippen LogP contribution in [0.3, 0.4) is 0 Å². The van der Waals surface area contributed by atoms with Gasteiger partial charge >= 0.3 is 6.09 Å². The Balaban J connectivity index is 2.41. The molecule has 1 aliphatic rings. The van der Waals surface area contributed by atoms with Crippen LogP contribution in [-0.2, 0) is 4.79 Å². The Labute approximate surface area is 109 Å². The highest BCUT2D eigenvalue weighted by Crippen LogP contribution is 2.19. The minimum atomic E-state index is -0.876. The van der Waals surface area contributed by atoms with E-state index < -0.39 is 6.09 Å². The van der Waals surface area contributed by atoms with Crippen LogP contribution in [0.1, 0.15) is 33.6 Å². The lowest BCUT2D eigenvalue weighted by Gasteiger charge is -2.36. The van der Waals surface area contributed by atoms with Gasteiger partial charge in [0.2, 0.25) is 0 Å². The summed E-state index contributed by atoms with van der Waals surface area (Å²) in [6.07, 6.45) is 0.736. The molecule has 0 aromatic carbocycles. The summed E-state index contributed by atoms with van der Waals surface area (Å²) < 4.78 is 0. The third-order valence-electron chi connectivity index (χ3n) is 3.61. The van der Waals surface area contributed by atoms with Crippen molar-refractivity contribution in [3.63, 3.8) is 0 Å². The van der Waals surface area contributed by atoms with Gasteiger partial charge in [-0.25, -0.2) is 4.79 Å². The SMILES string of the molecule is CN(C(=O)O)C1CCN(CC(=O)C(C)(C)C)CC1. The Kier molecular flexibility index (Phi) is 4.73. The summed E-state index contributed by atoms with van der Waals surface area (Å²) in [5, 5.41) is 8.91. The second kappa shape index (κ2) is 5.69. The number of piperidine rings is 1. The third kappa shape index (κ3) is 3.98. The fraction of sp³-hybridized carbons (Fsp3) is 0.846. The summed E-state index contributed by atoms with van der Waals surface area (Å²) in [4.78, 5) is 26.3. The number of hydrogen-bond acceptors (Lipinski definition) is 3. The minimum Gasteiger partial charge on any atom is -0.465 e. The molecule has 0 aromatic heterocycles. The fourth-order valence-electron chi connectivity index (χ4n) is 2.06. The molecule has 0 spiro atoms. The zero-order valence-corrected chi connectivity index (χ0v) is 11.8.